The molecule has 11 aliphatic rings. The van der Waals surface area contributed by atoms with Gasteiger partial charge in [0.15, 0.2) is 0 Å². The Morgan fingerprint density at radius 3 is 0.964 bits per heavy atom. The van der Waals surface area contributed by atoms with E-state index >= 15 is 0 Å². The molecule has 8 heterocycles. The number of nitrogens with one attached hydrogen (secondary N) is 4. The summed E-state index contributed by atoms with van der Waals surface area (Å²) in [5, 5.41) is 4.70. The summed E-state index contributed by atoms with van der Waals surface area (Å²) < 4.78 is 65.2. The molecule has 19 rings (SSSR count). The van der Waals surface area contributed by atoms with Gasteiger partial charge in [-0.25, -0.2) is 65.6 Å². The van der Waals surface area contributed by atoms with Crippen molar-refractivity contribution in [2.45, 2.75) is 366 Å². The molecule has 7 fully saturated rings. The number of hydrogen-bond donors (Lipinski definition) is 4. The molecule has 4 aromatic heterocycles. The van der Waals surface area contributed by atoms with E-state index in [-0.39, 0.29) is 199 Å². The Bertz CT molecular complexity index is 5430. The van der Waals surface area contributed by atoms with E-state index in [1.165, 1.54) is 122 Å². The SMILES string of the molecule is BrC1CCCC1.C.C.C.Cc1nc(N2CCC3(CC2)Cc2ccccc2[C@H]3NS(=O)C(C)(C)C)cnc1[S-].Cc1nc(N2CCC3(CC2)Cc2ccccc2[C@H]3N[S@](=O)C(C)(C)C)cnc1SC1CCCC1.Cc1nc(SC2CCCC2)cnc1N1CCC2(CC1)Cc1ccccc1[C@H]2N[S@](=O)C(C)(C)C.Cc1nc([S-])cnc1N1CCC2(CC1)Cc1ccccc1[C@H]2NS(=O)C(C)(C)C.[2H-].[K+].[Na+].[Na+]. The van der Waals surface area contributed by atoms with Gasteiger partial charge in [-0.3, -0.25) is 9.97 Å². The number of piperidine rings is 4. The summed E-state index contributed by atoms with van der Waals surface area (Å²) in [6.07, 6.45) is 36.2. The Morgan fingerprint density at radius 2 is 0.667 bits per heavy atom. The normalized spacial score (nSPS) is 21.9. The fourth-order valence-electron chi connectivity index (χ4n) is 21.7. The zero-order chi connectivity index (χ0) is 93.9. The van der Waals surface area contributed by atoms with Gasteiger partial charge in [0.1, 0.15) is 33.3 Å². The van der Waals surface area contributed by atoms with Gasteiger partial charge in [-0.1, -0.05) is 184 Å². The van der Waals surface area contributed by atoms with Crippen LogP contribution >= 0.6 is 39.5 Å². The minimum absolute atomic E-state index is 0. The fourth-order valence-corrected chi connectivity index (χ4v) is 28.9. The maximum Gasteiger partial charge on any atom is 1.00 e. The summed E-state index contributed by atoms with van der Waals surface area (Å²) >= 11 is 17.7. The topological polar surface area (TPSA) is 232 Å². The average molecular weight is 2140 g/mol. The number of thioether (sulfide) groups is 2. The van der Waals surface area contributed by atoms with Crippen LogP contribution < -0.4 is 149 Å². The largest absolute Gasteiger partial charge is 1.00 e. The minimum Gasteiger partial charge on any atom is -1.00 e. The molecule has 742 valence electrons. The van der Waals surface area contributed by atoms with Crippen LogP contribution in [0.15, 0.2) is 142 Å². The first-order chi connectivity index (χ1) is 62.8. The van der Waals surface area contributed by atoms with Crippen LogP contribution in [0.25, 0.3) is 0 Å². The van der Waals surface area contributed by atoms with Gasteiger partial charge in [0, 0.05) is 79.6 Å². The maximum absolute atomic E-state index is 13.1. The van der Waals surface area contributed by atoms with E-state index in [1.54, 1.807) is 12.4 Å². The fraction of sp³-hybridized carbons (Fsp3) is 0.623. The van der Waals surface area contributed by atoms with E-state index in [0.29, 0.717) is 20.6 Å². The van der Waals surface area contributed by atoms with Crippen LogP contribution in [0.5, 0.6) is 0 Å². The molecule has 20 nitrogen and oxygen atoms in total. The van der Waals surface area contributed by atoms with Gasteiger partial charge < -0.3 is 46.3 Å². The Kier molecular flexibility index (Phi) is 44.7. The average Bonchev–Trinajstić information content (AvgIpc) is 1.61. The number of benzene rings is 4. The molecule has 8 aromatic rings. The number of halogens is 1. The minimum atomic E-state index is -1.11. The molecular weight excluding hydrogens is 1980 g/mol. The van der Waals surface area contributed by atoms with E-state index in [9.17, 15) is 16.8 Å². The summed E-state index contributed by atoms with van der Waals surface area (Å²) in [6.45, 7) is 40.0. The summed E-state index contributed by atoms with van der Waals surface area (Å²) in [5.41, 5.74) is 15.0. The van der Waals surface area contributed by atoms with E-state index in [2.05, 4.69) is 185 Å². The zero-order valence-electron chi connectivity index (χ0n) is 84.9. The standard InChI is InChI=1S/2C27H38N4OS2.2C22H30N4OS2.C5H9Br.3CH4.K.2Na.H/c1-19-25(28-18-23(29-19)33-21-10-6-7-11-21)31-15-13-27(14-16-31)17-20-9-5-8-12-22(20)24(27)30-34(32)26(2,3)4;1-19-25(33-21-10-6-7-11-21)28-18-23(29-19)31-15-13-27(14-16-31)17-20-9-5-8-12-22(20)24(27)30-34(32)26(2,3)4;1-15-20(23-14-18(28)24-15)26-11-9-22(10-12-26)13-16-7-5-6-8-17(16)19(22)25-29(27)21(2,3)4;1-15-20(28)23-14-18(24-15)26-11-9-22(10-12-26)13-16-7-5-6-8-17(16)19(22)25-29(27)21(2,3)4;6-5-3-1-2-4-5;;;;;;;/h2*5,8-9,12,18,21,24,30H,6-7,10-11,13-17H2,1-4H3;5-8,14,19,25H,9-13H2,1-4H3,(H,24,28);5-8,14,19,25H,9-13H2,1-4H3,(H,23,28);5H,1-4H2;3*1H4;;;;/q;;;;;;;;3*+1;-1/p-2/t2*24-,34-;2*19-,29?;;;;;;;;/m1111......../s1/i;;;;;;;;;;;1+1. The number of fused-ring (bicyclic) bond motifs is 4. The molecule has 7 aliphatic carbocycles. The van der Waals surface area contributed by atoms with Crippen molar-refractivity contribution in [2.24, 2.45) is 21.7 Å². The van der Waals surface area contributed by atoms with Gasteiger partial charge in [-0.2, -0.15) is 0 Å². The monoisotopic (exact) mass is 2140 g/mol. The Balaban J connectivity index is 0.000000219. The number of aromatic nitrogens is 8. The molecule has 0 bridgehead atoms. The summed E-state index contributed by atoms with van der Waals surface area (Å²) in [7, 11) is -4.43. The Labute approximate surface area is 956 Å². The first kappa shape index (κ1) is 120. The van der Waals surface area contributed by atoms with Crippen LogP contribution in [0.3, 0.4) is 0 Å². The molecule has 0 amide bonds. The molecule has 2 unspecified atom stereocenters. The quantitative estimate of drug-likeness (QED) is 0.0400. The molecule has 0 radical (unpaired) electrons. The van der Waals surface area contributed by atoms with Gasteiger partial charge in [-0.15, -0.1) is 23.5 Å². The third-order valence-electron chi connectivity index (χ3n) is 29.5. The first-order valence-corrected chi connectivity index (χ1v) is 56.6. The van der Waals surface area contributed by atoms with Crippen molar-refractivity contribution in [2.75, 3.05) is 72.0 Å². The predicted octanol–water partition coefficient (Wildman–Crippen LogP) is 14.1. The Morgan fingerprint density at radius 1 is 0.377 bits per heavy atom. The Hall–Kier alpha value is -1.90. The molecule has 4 aliphatic heterocycles. The van der Waals surface area contributed by atoms with Gasteiger partial charge in [0.05, 0.1) is 123 Å². The van der Waals surface area contributed by atoms with Crippen molar-refractivity contribution in [3.8, 4) is 0 Å². The number of aryl methyl sites for hydroxylation is 4. The molecular formula is C106H156BrKN16Na2O4S8. The van der Waals surface area contributed by atoms with E-state index in [1.807, 2.05) is 133 Å². The summed E-state index contributed by atoms with van der Waals surface area (Å²) in [4.78, 5) is 47.8. The number of rotatable bonds is 16. The van der Waals surface area contributed by atoms with Crippen molar-refractivity contribution in [1.29, 1.82) is 0 Å². The van der Waals surface area contributed by atoms with Gasteiger partial charge in [-0.05, 0) is 293 Å². The predicted molar refractivity (Wildman–Crippen MR) is 578 cm³/mol. The van der Waals surface area contributed by atoms with Crippen molar-refractivity contribution in [3.63, 3.8) is 0 Å². The third kappa shape index (κ3) is 28.8. The van der Waals surface area contributed by atoms with Crippen molar-refractivity contribution in [3.05, 3.63) is 189 Å². The molecule has 8 atom stereocenters. The maximum atomic E-state index is 13.1. The molecule has 4 saturated heterocycles. The van der Waals surface area contributed by atoms with Crippen LogP contribution in [0.4, 0.5) is 23.3 Å². The van der Waals surface area contributed by atoms with Gasteiger partial charge in [0.25, 0.3) is 0 Å². The number of alkyl halides is 1. The van der Waals surface area contributed by atoms with Crippen LogP contribution in [0, 0.1) is 49.4 Å². The van der Waals surface area contributed by atoms with Crippen LogP contribution in [-0.4, -0.2) is 143 Å². The second kappa shape index (κ2) is 51.5. The second-order valence-electron chi connectivity index (χ2n) is 43.0. The van der Waals surface area contributed by atoms with E-state index in [0.717, 1.165) is 190 Å². The molecule has 32 heteroatoms. The third-order valence-corrected chi connectivity index (χ3v) is 40.0. The van der Waals surface area contributed by atoms with E-state index in [4.69, 9.17) is 45.2 Å². The second-order valence-corrected chi connectivity index (χ2v) is 55.7. The summed E-state index contributed by atoms with van der Waals surface area (Å²) in [6, 6.07) is 35.2. The van der Waals surface area contributed by atoms with Crippen LogP contribution in [0.1, 0.15) is 327 Å². The summed E-state index contributed by atoms with van der Waals surface area (Å²) in [5.74, 6) is 3.88. The molecule has 4 aromatic carbocycles. The van der Waals surface area contributed by atoms with Crippen LogP contribution in [-0.2, 0) is 94.9 Å². The number of anilines is 4. The first-order valence-electron chi connectivity index (χ1n) is 48.5. The molecule has 3 saturated carbocycles. The van der Waals surface area contributed by atoms with Crippen molar-refractivity contribution < 1.29 is 129 Å². The zero-order valence-corrected chi connectivity index (χ0v) is 99.1. The molecule has 4 N–H and O–H groups in total. The number of hydrogen-bond acceptors (Lipinski definition) is 20. The molecule has 4 spiro atoms. The molecule has 138 heavy (non-hydrogen) atoms. The number of nitrogens with zero attached hydrogens (tertiary/aromatic N) is 12. The van der Waals surface area contributed by atoms with Gasteiger partial charge >= 0.3 is 110 Å². The van der Waals surface area contributed by atoms with Crippen molar-refractivity contribution in [1.82, 2.24) is 58.8 Å². The van der Waals surface area contributed by atoms with Gasteiger partial charge in [0.2, 0.25) is 0 Å². The smallest absolute Gasteiger partial charge is 1.00 e. The van der Waals surface area contributed by atoms with Crippen LogP contribution in [0.2, 0.25) is 0 Å². The van der Waals surface area contributed by atoms with Crippen molar-refractivity contribution >= 4 is 132 Å². The van der Waals surface area contributed by atoms with E-state index < -0.39 is 43.9 Å².